The molecule has 8 heteroatoms. The highest BCUT2D eigenvalue weighted by atomic mass is 32.2. The first-order valence-electron chi connectivity index (χ1n) is 6.80. The number of rotatable bonds is 6. The highest BCUT2D eigenvalue weighted by Crippen LogP contribution is 2.17. The molecule has 2 N–H and O–H groups in total. The molecule has 0 aromatic carbocycles. The summed E-state index contributed by atoms with van der Waals surface area (Å²) in [6.07, 6.45) is 3.08. The lowest BCUT2D eigenvalue weighted by molar-refractivity contribution is -0.158. The number of nitrogens with one attached hydrogen (secondary N) is 2. The first kappa shape index (κ1) is 17.6. The van der Waals surface area contributed by atoms with Crippen molar-refractivity contribution in [2.45, 2.75) is 57.7 Å². The SMILES string of the molecule is CC[C@H](C)[C@H](NS(=O)(=O)c1cnc[nH]1)C(=O)OC(C)(C)C. The Morgan fingerprint density at radius 2 is 2.10 bits per heavy atom. The van der Waals surface area contributed by atoms with Crippen molar-refractivity contribution < 1.29 is 17.9 Å². The zero-order chi connectivity index (χ0) is 16.3. The van der Waals surface area contributed by atoms with E-state index in [0.29, 0.717) is 6.42 Å². The Hall–Kier alpha value is -1.41. The quantitative estimate of drug-likeness (QED) is 0.773. The maximum absolute atomic E-state index is 12.2. The lowest BCUT2D eigenvalue weighted by Gasteiger charge is -2.27. The fourth-order valence-electron chi connectivity index (χ4n) is 1.62. The summed E-state index contributed by atoms with van der Waals surface area (Å²) in [5, 5.41) is -0.0839. The van der Waals surface area contributed by atoms with Crippen LogP contribution in [0.3, 0.4) is 0 Å². The zero-order valence-electron chi connectivity index (χ0n) is 13.0. The van der Waals surface area contributed by atoms with Crippen LogP contribution in [-0.4, -0.2) is 36.0 Å². The molecule has 0 aliphatic heterocycles. The van der Waals surface area contributed by atoms with E-state index in [0.717, 1.165) is 0 Å². The molecule has 0 saturated heterocycles. The predicted molar refractivity (Wildman–Crippen MR) is 78.0 cm³/mol. The minimum Gasteiger partial charge on any atom is -0.459 e. The Bertz CT molecular complexity index is 561. The van der Waals surface area contributed by atoms with Gasteiger partial charge in [-0.3, -0.25) is 4.79 Å². The summed E-state index contributed by atoms with van der Waals surface area (Å²) in [6.45, 7) is 8.89. The second-order valence-electron chi connectivity index (χ2n) is 5.93. The van der Waals surface area contributed by atoms with Crippen molar-refractivity contribution in [3.8, 4) is 0 Å². The van der Waals surface area contributed by atoms with Crippen LogP contribution in [0.1, 0.15) is 41.0 Å². The van der Waals surface area contributed by atoms with Gasteiger partial charge in [-0.15, -0.1) is 0 Å². The largest absolute Gasteiger partial charge is 0.459 e. The molecule has 0 unspecified atom stereocenters. The minimum atomic E-state index is -3.84. The topological polar surface area (TPSA) is 101 Å². The lowest BCUT2D eigenvalue weighted by Crippen LogP contribution is -2.47. The molecule has 1 aromatic rings. The number of sulfonamides is 1. The van der Waals surface area contributed by atoms with Crippen LogP contribution < -0.4 is 4.72 Å². The van der Waals surface area contributed by atoms with E-state index in [-0.39, 0.29) is 10.9 Å². The molecular formula is C13H23N3O4S. The molecule has 21 heavy (non-hydrogen) atoms. The Labute approximate surface area is 125 Å². The first-order valence-corrected chi connectivity index (χ1v) is 8.28. The van der Waals surface area contributed by atoms with Gasteiger partial charge in [-0.2, -0.15) is 4.72 Å². The number of ether oxygens (including phenoxy) is 1. The van der Waals surface area contributed by atoms with Gasteiger partial charge in [-0.1, -0.05) is 20.3 Å². The summed E-state index contributed by atoms with van der Waals surface area (Å²) in [5.41, 5.74) is -0.678. The molecule has 1 heterocycles. The number of imidazole rings is 1. The van der Waals surface area contributed by atoms with Crippen molar-refractivity contribution in [2.75, 3.05) is 0 Å². The smallest absolute Gasteiger partial charge is 0.324 e. The van der Waals surface area contributed by atoms with E-state index in [9.17, 15) is 13.2 Å². The van der Waals surface area contributed by atoms with E-state index >= 15 is 0 Å². The molecule has 0 spiro atoms. The number of esters is 1. The highest BCUT2D eigenvalue weighted by Gasteiger charge is 2.33. The second-order valence-corrected chi connectivity index (χ2v) is 7.62. The predicted octanol–water partition coefficient (Wildman–Crippen LogP) is 1.44. The first-order chi connectivity index (χ1) is 9.57. The van der Waals surface area contributed by atoms with Gasteiger partial charge in [-0.05, 0) is 26.7 Å². The van der Waals surface area contributed by atoms with Gasteiger partial charge >= 0.3 is 5.97 Å². The van der Waals surface area contributed by atoms with Crippen LogP contribution in [0.4, 0.5) is 0 Å². The van der Waals surface area contributed by atoms with Crippen LogP contribution in [0, 0.1) is 5.92 Å². The van der Waals surface area contributed by atoms with Crippen molar-refractivity contribution in [2.24, 2.45) is 5.92 Å². The van der Waals surface area contributed by atoms with E-state index in [1.807, 2.05) is 6.92 Å². The van der Waals surface area contributed by atoms with E-state index in [4.69, 9.17) is 4.74 Å². The van der Waals surface area contributed by atoms with Gasteiger partial charge < -0.3 is 9.72 Å². The molecular weight excluding hydrogens is 294 g/mol. The van der Waals surface area contributed by atoms with Crippen molar-refractivity contribution in [1.82, 2.24) is 14.7 Å². The second kappa shape index (κ2) is 6.57. The fraction of sp³-hybridized carbons (Fsp3) is 0.692. The summed E-state index contributed by atoms with van der Waals surface area (Å²) in [5.74, 6) is -0.780. The number of hydrogen-bond acceptors (Lipinski definition) is 5. The monoisotopic (exact) mass is 317 g/mol. The normalized spacial score (nSPS) is 15.5. The number of hydrogen-bond donors (Lipinski definition) is 2. The number of aromatic amines is 1. The molecule has 0 saturated carbocycles. The van der Waals surface area contributed by atoms with Gasteiger partial charge in [0.15, 0.2) is 5.03 Å². The standard InChI is InChI=1S/C13H23N3O4S/c1-6-9(2)11(12(17)20-13(3,4)5)16-21(18,19)10-7-14-8-15-10/h7-9,11,16H,6H2,1-5H3,(H,14,15)/t9-,11-/m0/s1. The molecule has 1 rings (SSSR count). The van der Waals surface area contributed by atoms with Crippen LogP contribution in [0.25, 0.3) is 0 Å². The Morgan fingerprint density at radius 3 is 2.52 bits per heavy atom. The number of H-pyrrole nitrogens is 1. The van der Waals surface area contributed by atoms with E-state index < -0.39 is 27.6 Å². The fourth-order valence-corrected chi connectivity index (χ4v) is 2.82. The molecule has 1 aromatic heterocycles. The number of nitrogens with zero attached hydrogens (tertiary/aromatic N) is 1. The minimum absolute atomic E-state index is 0.0839. The van der Waals surface area contributed by atoms with Crippen LogP contribution in [0.2, 0.25) is 0 Å². The third-order valence-corrected chi connectivity index (χ3v) is 4.28. The summed E-state index contributed by atoms with van der Waals surface area (Å²) in [4.78, 5) is 18.4. The number of aromatic nitrogens is 2. The maximum Gasteiger partial charge on any atom is 0.324 e. The molecule has 0 aliphatic carbocycles. The maximum atomic E-state index is 12.2. The highest BCUT2D eigenvalue weighted by molar-refractivity contribution is 7.89. The Morgan fingerprint density at radius 1 is 1.48 bits per heavy atom. The molecule has 0 amide bonds. The van der Waals surface area contributed by atoms with Gasteiger partial charge in [0.25, 0.3) is 10.0 Å². The number of carbonyl (C=O) groups is 1. The zero-order valence-corrected chi connectivity index (χ0v) is 13.8. The van der Waals surface area contributed by atoms with Crippen LogP contribution in [0.5, 0.6) is 0 Å². The molecule has 2 atom stereocenters. The summed E-state index contributed by atoms with van der Waals surface area (Å²) >= 11 is 0. The van der Waals surface area contributed by atoms with Gasteiger partial charge in [0, 0.05) is 0 Å². The van der Waals surface area contributed by atoms with Crippen molar-refractivity contribution in [3.63, 3.8) is 0 Å². The van der Waals surface area contributed by atoms with Crippen LogP contribution in [0.15, 0.2) is 17.6 Å². The van der Waals surface area contributed by atoms with Crippen molar-refractivity contribution in [3.05, 3.63) is 12.5 Å². The number of carbonyl (C=O) groups excluding carboxylic acids is 1. The Kier molecular flexibility index (Phi) is 5.52. The molecule has 120 valence electrons. The molecule has 7 nitrogen and oxygen atoms in total. The average molecular weight is 317 g/mol. The van der Waals surface area contributed by atoms with Crippen LogP contribution in [-0.2, 0) is 19.6 Å². The van der Waals surface area contributed by atoms with Crippen LogP contribution >= 0.6 is 0 Å². The third kappa shape index (κ3) is 5.13. The van der Waals surface area contributed by atoms with Crippen molar-refractivity contribution >= 4 is 16.0 Å². The van der Waals surface area contributed by atoms with Gasteiger partial charge in [0.2, 0.25) is 0 Å². The van der Waals surface area contributed by atoms with E-state index in [1.165, 1.54) is 12.5 Å². The van der Waals surface area contributed by atoms with Gasteiger partial charge in [0.1, 0.15) is 11.6 Å². The van der Waals surface area contributed by atoms with E-state index in [2.05, 4.69) is 14.7 Å². The molecule has 0 fully saturated rings. The summed E-state index contributed by atoms with van der Waals surface area (Å²) in [6, 6.07) is -0.942. The van der Waals surface area contributed by atoms with Gasteiger partial charge in [0.05, 0.1) is 12.5 Å². The Balaban J connectivity index is 2.97. The summed E-state index contributed by atoms with van der Waals surface area (Å²) < 4.78 is 32.1. The lowest BCUT2D eigenvalue weighted by atomic mass is 10.00. The molecule has 0 radical (unpaired) electrons. The third-order valence-electron chi connectivity index (χ3n) is 2.92. The van der Waals surface area contributed by atoms with Crippen molar-refractivity contribution in [1.29, 1.82) is 0 Å². The molecule has 0 aliphatic rings. The van der Waals surface area contributed by atoms with E-state index in [1.54, 1.807) is 27.7 Å². The van der Waals surface area contributed by atoms with Gasteiger partial charge in [-0.25, -0.2) is 13.4 Å². The summed E-state index contributed by atoms with van der Waals surface area (Å²) in [7, 11) is -3.84. The molecule has 0 bridgehead atoms. The average Bonchev–Trinajstić information content (AvgIpc) is 2.87.